The molecule has 1 fully saturated rings. The first-order valence-electron chi connectivity index (χ1n) is 6.83. The van der Waals surface area contributed by atoms with E-state index in [0.29, 0.717) is 12.0 Å². The maximum absolute atomic E-state index is 6.44. The Hall–Kier alpha value is 0.1000. The standard InChI is InChI=1S/C14H23BrN2S/c1-10(2)9-17-8-4-3-5-11(16)14(17)12-6-7-13(15)18-12/h6-7,10-11,14H,3-5,8-9,16H2,1-2H3. The number of hydrogen-bond donors (Lipinski definition) is 1. The van der Waals surface area contributed by atoms with E-state index in [1.54, 1.807) is 0 Å². The molecule has 2 nitrogen and oxygen atoms in total. The molecule has 0 amide bonds. The lowest BCUT2D eigenvalue weighted by Crippen LogP contribution is -2.41. The molecule has 1 aliphatic rings. The molecule has 2 atom stereocenters. The lowest BCUT2D eigenvalue weighted by atomic mass is 10.0. The average Bonchev–Trinajstić information content (AvgIpc) is 2.62. The van der Waals surface area contributed by atoms with Crippen LogP contribution >= 0.6 is 27.3 Å². The Morgan fingerprint density at radius 3 is 2.83 bits per heavy atom. The van der Waals surface area contributed by atoms with Gasteiger partial charge in [0.25, 0.3) is 0 Å². The van der Waals surface area contributed by atoms with Crippen LogP contribution in [0.3, 0.4) is 0 Å². The molecule has 0 spiro atoms. The lowest BCUT2D eigenvalue weighted by Gasteiger charge is -2.34. The number of nitrogens with two attached hydrogens (primary N) is 1. The van der Waals surface area contributed by atoms with Crippen molar-refractivity contribution in [2.24, 2.45) is 11.7 Å². The van der Waals surface area contributed by atoms with Gasteiger partial charge in [0.05, 0.1) is 9.83 Å². The molecule has 18 heavy (non-hydrogen) atoms. The molecule has 1 aliphatic heterocycles. The lowest BCUT2D eigenvalue weighted by molar-refractivity contribution is 0.168. The van der Waals surface area contributed by atoms with Crippen LogP contribution in [0.1, 0.15) is 44.0 Å². The van der Waals surface area contributed by atoms with Crippen molar-refractivity contribution >= 4 is 27.3 Å². The zero-order valence-corrected chi connectivity index (χ0v) is 13.6. The number of thiophene rings is 1. The van der Waals surface area contributed by atoms with Gasteiger partial charge in [-0.05, 0) is 53.4 Å². The van der Waals surface area contributed by atoms with Gasteiger partial charge in [0.15, 0.2) is 0 Å². The average molecular weight is 331 g/mol. The van der Waals surface area contributed by atoms with Crippen molar-refractivity contribution in [3.63, 3.8) is 0 Å². The normalized spacial score (nSPS) is 26.5. The van der Waals surface area contributed by atoms with Crippen molar-refractivity contribution in [2.75, 3.05) is 13.1 Å². The summed E-state index contributed by atoms with van der Waals surface area (Å²) in [7, 11) is 0. The molecule has 2 rings (SSSR count). The number of nitrogens with zero attached hydrogens (tertiary/aromatic N) is 1. The zero-order valence-electron chi connectivity index (χ0n) is 11.2. The Balaban J connectivity index is 2.22. The second kappa shape index (κ2) is 6.51. The first-order chi connectivity index (χ1) is 8.58. The molecule has 0 aliphatic carbocycles. The van der Waals surface area contributed by atoms with E-state index in [1.807, 2.05) is 11.3 Å². The smallest absolute Gasteiger partial charge is 0.0702 e. The molecule has 2 N–H and O–H groups in total. The summed E-state index contributed by atoms with van der Waals surface area (Å²) in [5, 5.41) is 0. The van der Waals surface area contributed by atoms with Crippen LogP contribution < -0.4 is 5.73 Å². The van der Waals surface area contributed by atoms with Crippen molar-refractivity contribution in [1.82, 2.24) is 4.90 Å². The SMILES string of the molecule is CC(C)CN1CCCCC(N)C1c1ccc(Br)s1. The minimum atomic E-state index is 0.275. The highest BCUT2D eigenvalue weighted by Gasteiger charge is 2.30. The second-order valence-corrected chi connectivity index (χ2v) is 8.13. The van der Waals surface area contributed by atoms with Crippen LogP contribution in [-0.4, -0.2) is 24.0 Å². The molecule has 0 saturated carbocycles. The van der Waals surface area contributed by atoms with Gasteiger partial charge in [-0.1, -0.05) is 20.3 Å². The Kier molecular flexibility index (Phi) is 5.24. The molecule has 102 valence electrons. The van der Waals surface area contributed by atoms with E-state index in [4.69, 9.17) is 5.73 Å². The fourth-order valence-electron chi connectivity index (χ4n) is 2.81. The first-order valence-corrected chi connectivity index (χ1v) is 8.43. The topological polar surface area (TPSA) is 29.3 Å². The summed E-state index contributed by atoms with van der Waals surface area (Å²) in [6, 6.07) is 5.06. The third kappa shape index (κ3) is 3.56. The number of hydrogen-bond acceptors (Lipinski definition) is 3. The molecule has 1 aromatic rings. The highest BCUT2D eigenvalue weighted by Crippen LogP contribution is 2.35. The van der Waals surface area contributed by atoms with E-state index in [-0.39, 0.29) is 6.04 Å². The van der Waals surface area contributed by atoms with Crippen LogP contribution in [0.15, 0.2) is 15.9 Å². The molecule has 4 heteroatoms. The fraction of sp³-hybridized carbons (Fsp3) is 0.714. The molecule has 0 radical (unpaired) electrons. The summed E-state index contributed by atoms with van der Waals surface area (Å²) in [6.07, 6.45) is 3.69. The summed E-state index contributed by atoms with van der Waals surface area (Å²) in [5.74, 6) is 0.696. The van der Waals surface area contributed by atoms with E-state index >= 15 is 0 Å². The van der Waals surface area contributed by atoms with Gasteiger partial charge in [0, 0.05) is 17.5 Å². The van der Waals surface area contributed by atoms with E-state index < -0.39 is 0 Å². The molecule has 2 heterocycles. The third-order valence-electron chi connectivity index (χ3n) is 3.52. The van der Waals surface area contributed by atoms with Crippen molar-refractivity contribution in [3.05, 3.63) is 20.8 Å². The number of likely N-dealkylation sites (tertiary alicyclic amines) is 1. The Morgan fingerprint density at radius 2 is 2.22 bits per heavy atom. The van der Waals surface area contributed by atoms with Crippen LogP contribution in [0.25, 0.3) is 0 Å². The van der Waals surface area contributed by atoms with Crippen molar-refractivity contribution in [3.8, 4) is 0 Å². The summed E-state index contributed by atoms with van der Waals surface area (Å²) in [5.41, 5.74) is 6.44. The quantitative estimate of drug-likeness (QED) is 0.906. The summed E-state index contributed by atoms with van der Waals surface area (Å²) in [4.78, 5) is 4.01. The Morgan fingerprint density at radius 1 is 1.44 bits per heavy atom. The molecule has 1 aromatic heterocycles. The van der Waals surface area contributed by atoms with Gasteiger partial charge in [-0.3, -0.25) is 4.90 Å². The van der Waals surface area contributed by atoms with E-state index in [2.05, 4.69) is 46.8 Å². The van der Waals surface area contributed by atoms with Gasteiger partial charge in [-0.25, -0.2) is 0 Å². The van der Waals surface area contributed by atoms with Gasteiger partial charge in [0.2, 0.25) is 0 Å². The van der Waals surface area contributed by atoms with Crippen LogP contribution in [0.2, 0.25) is 0 Å². The van der Waals surface area contributed by atoms with Gasteiger partial charge < -0.3 is 5.73 Å². The fourth-order valence-corrected chi connectivity index (χ4v) is 4.45. The summed E-state index contributed by atoms with van der Waals surface area (Å²) < 4.78 is 1.21. The maximum atomic E-state index is 6.44. The van der Waals surface area contributed by atoms with Crippen molar-refractivity contribution in [1.29, 1.82) is 0 Å². The minimum absolute atomic E-state index is 0.275. The Labute approximate surface area is 123 Å². The van der Waals surface area contributed by atoms with E-state index in [9.17, 15) is 0 Å². The van der Waals surface area contributed by atoms with Crippen LogP contribution in [0, 0.1) is 5.92 Å². The molecular weight excluding hydrogens is 308 g/mol. The summed E-state index contributed by atoms with van der Waals surface area (Å²) in [6.45, 7) is 6.91. The van der Waals surface area contributed by atoms with Crippen molar-refractivity contribution < 1.29 is 0 Å². The molecule has 0 aromatic carbocycles. The summed E-state index contributed by atoms with van der Waals surface area (Å²) >= 11 is 5.40. The molecule has 0 bridgehead atoms. The minimum Gasteiger partial charge on any atom is -0.326 e. The van der Waals surface area contributed by atoms with Gasteiger partial charge >= 0.3 is 0 Å². The predicted octanol–water partition coefficient (Wildman–Crippen LogP) is 4.02. The van der Waals surface area contributed by atoms with Crippen molar-refractivity contribution in [2.45, 2.75) is 45.2 Å². The second-order valence-electron chi connectivity index (χ2n) is 5.64. The Bertz CT molecular complexity index is 378. The molecule has 2 unspecified atom stereocenters. The molecule has 1 saturated heterocycles. The van der Waals surface area contributed by atoms with Crippen LogP contribution in [0.5, 0.6) is 0 Å². The number of rotatable bonds is 3. The largest absolute Gasteiger partial charge is 0.326 e. The molecular formula is C14H23BrN2S. The van der Waals surface area contributed by atoms with Crippen LogP contribution in [0.4, 0.5) is 0 Å². The third-order valence-corrected chi connectivity index (χ3v) is 5.21. The van der Waals surface area contributed by atoms with E-state index in [0.717, 1.165) is 13.0 Å². The predicted molar refractivity (Wildman–Crippen MR) is 83.0 cm³/mol. The first kappa shape index (κ1) is 14.5. The maximum Gasteiger partial charge on any atom is 0.0702 e. The van der Waals surface area contributed by atoms with Crippen LogP contribution in [-0.2, 0) is 0 Å². The number of halogens is 1. The van der Waals surface area contributed by atoms with Gasteiger partial charge in [0.1, 0.15) is 0 Å². The van der Waals surface area contributed by atoms with E-state index in [1.165, 1.54) is 28.0 Å². The highest BCUT2D eigenvalue weighted by molar-refractivity contribution is 9.11. The van der Waals surface area contributed by atoms with Gasteiger partial charge in [-0.15, -0.1) is 11.3 Å². The highest BCUT2D eigenvalue weighted by atomic mass is 79.9. The van der Waals surface area contributed by atoms with Gasteiger partial charge in [-0.2, -0.15) is 0 Å². The monoisotopic (exact) mass is 330 g/mol. The zero-order chi connectivity index (χ0) is 13.1.